The third-order valence-corrected chi connectivity index (χ3v) is 7.48. The van der Waals surface area contributed by atoms with Gasteiger partial charge in [0, 0.05) is 25.2 Å². The molecule has 1 aromatic heterocycles. The highest BCUT2D eigenvalue weighted by molar-refractivity contribution is 7.89. The number of amides is 1. The number of rotatable bonds is 6. The molecule has 1 N–H and O–H groups in total. The van der Waals surface area contributed by atoms with Crippen molar-refractivity contribution in [3.63, 3.8) is 0 Å². The Bertz CT molecular complexity index is 1120. The Kier molecular flexibility index (Phi) is 6.15. The highest BCUT2D eigenvalue weighted by atomic mass is 32.2. The maximum absolute atomic E-state index is 12.8. The van der Waals surface area contributed by atoms with Crippen LogP contribution in [0.15, 0.2) is 66.1 Å². The highest BCUT2D eigenvalue weighted by Crippen LogP contribution is 2.23. The fourth-order valence-electron chi connectivity index (χ4n) is 3.55. The van der Waals surface area contributed by atoms with Gasteiger partial charge in [-0.1, -0.05) is 19.1 Å². The molecule has 1 saturated heterocycles. The first-order valence-electron chi connectivity index (χ1n) is 10.3. The lowest BCUT2D eigenvalue weighted by molar-refractivity contribution is 0.0951. The van der Waals surface area contributed by atoms with Gasteiger partial charge in [-0.05, 0) is 60.7 Å². The van der Waals surface area contributed by atoms with Crippen molar-refractivity contribution >= 4 is 15.9 Å². The second-order valence-corrected chi connectivity index (χ2v) is 9.74. The Morgan fingerprint density at radius 1 is 1.06 bits per heavy atom. The summed E-state index contributed by atoms with van der Waals surface area (Å²) in [6.45, 7) is 3.59. The topological polar surface area (TPSA) is 97.2 Å². The molecule has 0 aliphatic carbocycles. The standard InChI is InChI=1S/C22H25N5O3S/c1-17-10-12-26(13-11-17)31(29,30)21-8-4-19(5-9-21)22(28)24-14-18-2-6-20(7-3-18)27-16-23-15-25-27/h2-9,15-17H,10-14H2,1H3,(H,24,28). The summed E-state index contributed by atoms with van der Waals surface area (Å²) < 4.78 is 28.8. The second-order valence-electron chi connectivity index (χ2n) is 7.80. The molecule has 1 fully saturated rings. The highest BCUT2D eigenvalue weighted by Gasteiger charge is 2.28. The van der Waals surface area contributed by atoms with E-state index in [1.165, 1.54) is 22.8 Å². The molecule has 0 spiro atoms. The van der Waals surface area contributed by atoms with E-state index in [9.17, 15) is 13.2 Å². The monoisotopic (exact) mass is 439 g/mol. The van der Waals surface area contributed by atoms with Crippen LogP contribution in [0.25, 0.3) is 5.69 Å². The summed E-state index contributed by atoms with van der Waals surface area (Å²) in [7, 11) is -3.52. The molecule has 31 heavy (non-hydrogen) atoms. The molecule has 0 radical (unpaired) electrons. The summed E-state index contributed by atoms with van der Waals surface area (Å²) in [4.78, 5) is 16.6. The molecule has 0 atom stereocenters. The Morgan fingerprint density at radius 2 is 1.74 bits per heavy atom. The minimum absolute atomic E-state index is 0.224. The van der Waals surface area contributed by atoms with Crippen molar-refractivity contribution < 1.29 is 13.2 Å². The first kappa shape index (κ1) is 21.2. The molecule has 162 valence electrons. The number of hydrogen-bond donors (Lipinski definition) is 1. The van der Waals surface area contributed by atoms with Gasteiger partial charge in [0.05, 0.1) is 10.6 Å². The summed E-state index contributed by atoms with van der Waals surface area (Å²) >= 11 is 0. The number of carbonyl (C=O) groups is 1. The Morgan fingerprint density at radius 3 is 2.35 bits per heavy atom. The van der Waals surface area contributed by atoms with Crippen LogP contribution in [0.3, 0.4) is 0 Å². The van der Waals surface area contributed by atoms with E-state index in [-0.39, 0.29) is 10.8 Å². The Hall–Kier alpha value is -3.04. The molecule has 2 aromatic carbocycles. The van der Waals surface area contributed by atoms with E-state index < -0.39 is 10.0 Å². The smallest absolute Gasteiger partial charge is 0.251 e. The molecule has 0 bridgehead atoms. The fraction of sp³-hybridized carbons (Fsp3) is 0.318. The van der Waals surface area contributed by atoms with Gasteiger partial charge in [-0.25, -0.2) is 18.1 Å². The van der Waals surface area contributed by atoms with E-state index in [1.54, 1.807) is 23.1 Å². The molecule has 8 nitrogen and oxygen atoms in total. The van der Waals surface area contributed by atoms with E-state index in [0.717, 1.165) is 24.1 Å². The maximum Gasteiger partial charge on any atom is 0.251 e. The van der Waals surface area contributed by atoms with Crippen LogP contribution >= 0.6 is 0 Å². The number of benzene rings is 2. The third kappa shape index (κ3) is 4.83. The largest absolute Gasteiger partial charge is 0.348 e. The van der Waals surface area contributed by atoms with Gasteiger partial charge >= 0.3 is 0 Å². The van der Waals surface area contributed by atoms with Gasteiger partial charge < -0.3 is 5.32 Å². The number of nitrogens with zero attached hydrogens (tertiary/aromatic N) is 4. The number of carbonyl (C=O) groups excluding carboxylic acids is 1. The van der Waals surface area contributed by atoms with Gasteiger partial charge in [0.2, 0.25) is 10.0 Å². The molecule has 9 heteroatoms. The summed E-state index contributed by atoms with van der Waals surface area (Å²) in [6.07, 6.45) is 4.84. The van der Waals surface area contributed by atoms with Crippen molar-refractivity contribution in [3.8, 4) is 5.69 Å². The predicted octanol–water partition coefficient (Wildman–Crippen LogP) is 2.62. The lowest BCUT2D eigenvalue weighted by Gasteiger charge is -2.29. The summed E-state index contributed by atoms with van der Waals surface area (Å²) in [5, 5.41) is 6.94. The molecule has 1 aliphatic heterocycles. The average Bonchev–Trinajstić information content (AvgIpc) is 3.33. The van der Waals surface area contributed by atoms with Crippen molar-refractivity contribution in [1.29, 1.82) is 0 Å². The average molecular weight is 440 g/mol. The Balaban J connectivity index is 1.36. The van der Waals surface area contributed by atoms with Gasteiger partial charge in [-0.15, -0.1) is 0 Å². The quantitative estimate of drug-likeness (QED) is 0.637. The number of hydrogen-bond acceptors (Lipinski definition) is 5. The van der Waals surface area contributed by atoms with Crippen LogP contribution in [0.1, 0.15) is 35.7 Å². The van der Waals surface area contributed by atoms with E-state index in [0.29, 0.717) is 31.1 Å². The molecule has 1 amide bonds. The zero-order valence-electron chi connectivity index (χ0n) is 17.3. The van der Waals surface area contributed by atoms with Crippen LogP contribution in [0, 0.1) is 5.92 Å². The SMILES string of the molecule is CC1CCN(S(=O)(=O)c2ccc(C(=O)NCc3ccc(-n4cncn4)cc3)cc2)CC1. The minimum Gasteiger partial charge on any atom is -0.348 e. The van der Waals surface area contributed by atoms with E-state index >= 15 is 0 Å². The van der Waals surface area contributed by atoms with Crippen LogP contribution in [0.5, 0.6) is 0 Å². The molecule has 0 unspecified atom stereocenters. The van der Waals surface area contributed by atoms with Crippen molar-refractivity contribution in [3.05, 3.63) is 72.3 Å². The molecular formula is C22H25N5O3S. The van der Waals surface area contributed by atoms with Crippen molar-refractivity contribution in [2.24, 2.45) is 5.92 Å². The molecule has 0 saturated carbocycles. The van der Waals surface area contributed by atoms with E-state index in [2.05, 4.69) is 22.3 Å². The number of nitrogens with one attached hydrogen (secondary N) is 1. The van der Waals surface area contributed by atoms with Gasteiger partial charge in [0.15, 0.2) is 0 Å². The molecule has 2 heterocycles. The van der Waals surface area contributed by atoms with Crippen LogP contribution in [0.2, 0.25) is 0 Å². The molecule has 4 rings (SSSR count). The predicted molar refractivity (Wildman–Crippen MR) is 116 cm³/mol. The van der Waals surface area contributed by atoms with Crippen LogP contribution in [-0.4, -0.2) is 46.5 Å². The third-order valence-electron chi connectivity index (χ3n) is 5.57. The van der Waals surface area contributed by atoms with Gasteiger partial charge in [-0.2, -0.15) is 9.40 Å². The molecular weight excluding hydrogens is 414 g/mol. The zero-order chi connectivity index (χ0) is 21.8. The van der Waals surface area contributed by atoms with Crippen molar-refractivity contribution in [1.82, 2.24) is 24.4 Å². The summed E-state index contributed by atoms with van der Waals surface area (Å²) in [5.41, 5.74) is 2.24. The van der Waals surface area contributed by atoms with Crippen LogP contribution < -0.4 is 5.32 Å². The van der Waals surface area contributed by atoms with Gasteiger partial charge in [-0.3, -0.25) is 4.79 Å². The minimum atomic E-state index is -3.52. The van der Waals surface area contributed by atoms with E-state index in [4.69, 9.17) is 0 Å². The summed E-state index contributed by atoms with van der Waals surface area (Å²) in [5.74, 6) is 0.299. The molecule has 1 aliphatic rings. The number of aromatic nitrogens is 3. The Labute approximate surface area is 182 Å². The van der Waals surface area contributed by atoms with Crippen LogP contribution in [0.4, 0.5) is 0 Å². The summed E-state index contributed by atoms with van der Waals surface area (Å²) in [6, 6.07) is 13.8. The lowest BCUT2D eigenvalue weighted by Crippen LogP contribution is -2.37. The first-order chi connectivity index (χ1) is 14.9. The van der Waals surface area contributed by atoms with Gasteiger partial charge in [0.25, 0.3) is 5.91 Å². The van der Waals surface area contributed by atoms with Crippen LogP contribution in [-0.2, 0) is 16.6 Å². The van der Waals surface area contributed by atoms with E-state index in [1.807, 2.05) is 24.3 Å². The maximum atomic E-state index is 12.8. The lowest BCUT2D eigenvalue weighted by atomic mass is 10.0. The van der Waals surface area contributed by atoms with Gasteiger partial charge in [0.1, 0.15) is 12.7 Å². The number of piperidine rings is 1. The second kappa shape index (κ2) is 8.99. The zero-order valence-corrected chi connectivity index (χ0v) is 18.1. The number of sulfonamides is 1. The fourth-order valence-corrected chi connectivity index (χ4v) is 5.01. The van der Waals surface area contributed by atoms with Crippen molar-refractivity contribution in [2.45, 2.75) is 31.2 Å². The van der Waals surface area contributed by atoms with Crippen molar-refractivity contribution in [2.75, 3.05) is 13.1 Å². The first-order valence-corrected chi connectivity index (χ1v) is 11.7. The molecule has 3 aromatic rings. The normalized spacial score (nSPS) is 15.6.